The first kappa shape index (κ1) is 17.6. The minimum Gasteiger partial charge on any atom is -0.322 e. The van der Waals surface area contributed by atoms with Crippen molar-refractivity contribution < 1.29 is 4.79 Å². The number of nitrogens with zero attached hydrogens (tertiary/aromatic N) is 3. The van der Waals surface area contributed by atoms with Gasteiger partial charge in [-0.25, -0.2) is 0 Å². The van der Waals surface area contributed by atoms with Crippen LogP contribution in [0.2, 0.25) is 0 Å². The maximum absolute atomic E-state index is 12.5. The van der Waals surface area contributed by atoms with Gasteiger partial charge >= 0.3 is 0 Å². The molecule has 0 unspecified atom stereocenters. The predicted molar refractivity (Wildman–Crippen MR) is 109 cm³/mol. The quantitative estimate of drug-likeness (QED) is 0.776. The number of likely N-dealkylation sites (N-methyl/N-ethyl adjacent to an activating group) is 1. The van der Waals surface area contributed by atoms with E-state index in [0.29, 0.717) is 5.56 Å². The number of amides is 1. The maximum atomic E-state index is 12.5. The fraction of sp³-hybridized carbons (Fsp3) is 0.273. The number of aromatic nitrogens is 1. The van der Waals surface area contributed by atoms with Gasteiger partial charge < -0.3 is 10.2 Å². The van der Waals surface area contributed by atoms with Gasteiger partial charge in [-0.2, -0.15) is 0 Å². The van der Waals surface area contributed by atoms with E-state index in [1.54, 1.807) is 6.20 Å². The molecule has 2 aromatic carbocycles. The molecule has 1 N–H and O–H groups in total. The van der Waals surface area contributed by atoms with E-state index in [-0.39, 0.29) is 5.91 Å². The van der Waals surface area contributed by atoms with Crippen LogP contribution in [0.4, 0.5) is 5.69 Å². The Kier molecular flexibility index (Phi) is 5.14. The van der Waals surface area contributed by atoms with Crippen molar-refractivity contribution >= 4 is 22.5 Å². The summed E-state index contributed by atoms with van der Waals surface area (Å²) in [4.78, 5) is 21.7. The topological polar surface area (TPSA) is 48.5 Å². The first-order chi connectivity index (χ1) is 13.2. The van der Waals surface area contributed by atoms with Crippen LogP contribution in [0.1, 0.15) is 15.9 Å². The predicted octanol–water partition coefficient (Wildman–Crippen LogP) is 3.23. The van der Waals surface area contributed by atoms with Crippen molar-refractivity contribution in [2.45, 2.75) is 6.54 Å². The number of carbonyl (C=O) groups excluding carboxylic acids is 1. The summed E-state index contributed by atoms with van der Waals surface area (Å²) in [6, 6.07) is 17.6. The molecule has 0 bridgehead atoms. The highest BCUT2D eigenvalue weighted by atomic mass is 16.1. The van der Waals surface area contributed by atoms with Crippen molar-refractivity contribution in [2.24, 2.45) is 0 Å². The van der Waals surface area contributed by atoms with Gasteiger partial charge in [-0.15, -0.1) is 0 Å². The molecule has 0 saturated carbocycles. The number of nitrogens with one attached hydrogen (secondary N) is 1. The monoisotopic (exact) mass is 360 g/mol. The zero-order valence-electron chi connectivity index (χ0n) is 15.6. The van der Waals surface area contributed by atoms with Gasteiger partial charge in [0.25, 0.3) is 5.91 Å². The van der Waals surface area contributed by atoms with Gasteiger partial charge in [-0.05, 0) is 42.9 Å². The van der Waals surface area contributed by atoms with Crippen LogP contribution in [0.3, 0.4) is 0 Å². The molecule has 5 nitrogen and oxygen atoms in total. The fourth-order valence-corrected chi connectivity index (χ4v) is 3.37. The Morgan fingerprint density at radius 1 is 1.04 bits per heavy atom. The molecule has 0 spiro atoms. The number of fused-ring (bicyclic) bond motifs is 1. The van der Waals surface area contributed by atoms with Crippen LogP contribution in [-0.4, -0.2) is 53.9 Å². The summed E-state index contributed by atoms with van der Waals surface area (Å²) >= 11 is 0. The van der Waals surface area contributed by atoms with E-state index in [2.05, 4.69) is 39.3 Å². The molecular weight excluding hydrogens is 336 g/mol. The number of anilines is 1. The van der Waals surface area contributed by atoms with Gasteiger partial charge in [0, 0.05) is 55.6 Å². The Hall–Kier alpha value is -2.76. The Bertz CT molecular complexity index is 930. The Morgan fingerprint density at radius 3 is 2.59 bits per heavy atom. The molecular formula is C22H24N4O. The zero-order chi connectivity index (χ0) is 18.6. The first-order valence-corrected chi connectivity index (χ1v) is 9.33. The molecule has 2 heterocycles. The first-order valence-electron chi connectivity index (χ1n) is 9.33. The van der Waals surface area contributed by atoms with Crippen molar-refractivity contribution in [3.05, 3.63) is 71.9 Å². The maximum Gasteiger partial charge on any atom is 0.255 e. The Labute approximate surface area is 159 Å². The molecule has 1 amide bonds. The van der Waals surface area contributed by atoms with E-state index in [4.69, 9.17) is 0 Å². The van der Waals surface area contributed by atoms with E-state index < -0.39 is 0 Å². The second-order valence-electron chi connectivity index (χ2n) is 7.14. The largest absolute Gasteiger partial charge is 0.322 e. The second kappa shape index (κ2) is 7.86. The molecule has 27 heavy (non-hydrogen) atoms. The summed E-state index contributed by atoms with van der Waals surface area (Å²) in [5.41, 5.74) is 3.52. The normalized spacial score (nSPS) is 15.7. The SMILES string of the molecule is CN1CCN(Cc2ccc(NC(=O)c3ccc4cccnc4c3)cc2)CC1. The molecule has 138 valence electrons. The van der Waals surface area contributed by atoms with Gasteiger partial charge in [0.2, 0.25) is 0 Å². The van der Waals surface area contributed by atoms with E-state index in [0.717, 1.165) is 49.3 Å². The van der Waals surface area contributed by atoms with Crippen LogP contribution in [0.25, 0.3) is 10.9 Å². The van der Waals surface area contributed by atoms with Crippen LogP contribution in [0, 0.1) is 0 Å². The lowest BCUT2D eigenvalue weighted by molar-refractivity contribution is 0.102. The van der Waals surface area contributed by atoms with Crippen LogP contribution in [0.15, 0.2) is 60.8 Å². The molecule has 5 heteroatoms. The molecule has 1 saturated heterocycles. The van der Waals surface area contributed by atoms with Gasteiger partial charge in [-0.1, -0.05) is 24.3 Å². The second-order valence-corrected chi connectivity index (χ2v) is 7.14. The van der Waals surface area contributed by atoms with Crippen molar-refractivity contribution in [3.63, 3.8) is 0 Å². The third kappa shape index (κ3) is 4.32. The highest BCUT2D eigenvalue weighted by molar-refractivity contribution is 6.06. The number of hydrogen-bond acceptors (Lipinski definition) is 4. The standard InChI is InChI=1S/C22H24N4O/c1-25-11-13-26(14-12-25)16-17-4-8-20(9-5-17)24-22(27)19-7-6-18-3-2-10-23-21(18)15-19/h2-10,15H,11-14,16H2,1H3,(H,24,27). The van der Waals surface area contributed by atoms with Gasteiger partial charge in [0.1, 0.15) is 0 Å². The van der Waals surface area contributed by atoms with Crippen molar-refractivity contribution in [1.29, 1.82) is 0 Å². The minimum atomic E-state index is -0.116. The highest BCUT2D eigenvalue weighted by Gasteiger charge is 2.14. The summed E-state index contributed by atoms with van der Waals surface area (Å²) in [7, 11) is 2.17. The summed E-state index contributed by atoms with van der Waals surface area (Å²) < 4.78 is 0. The average Bonchev–Trinajstić information content (AvgIpc) is 2.71. The summed E-state index contributed by atoms with van der Waals surface area (Å²) in [6.07, 6.45) is 1.74. The molecule has 0 atom stereocenters. The van der Waals surface area contributed by atoms with Crippen molar-refractivity contribution in [1.82, 2.24) is 14.8 Å². The van der Waals surface area contributed by atoms with E-state index in [1.165, 1.54) is 5.56 Å². The molecule has 1 fully saturated rings. The lowest BCUT2D eigenvalue weighted by atomic mass is 10.1. The fourth-order valence-electron chi connectivity index (χ4n) is 3.37. The van der Waals surface area contributed by atoms with Gasteiger partial charge in [-0.3, -0.25) is 14.7 Å². The average molecular weight is 360 g/mol. The van der Waals surface area contributed by atoms with E-state index in [9.17, 15) is 4.79 Å². The summed E-state index contributed by atoms with van der Waals surface area (Å²) in [5, 5.41) is 4.00. The number of rotatable bonds is 4. The van der Waals surface area contributed by atoms with Crippen LogP contribution in [-0.2, 0) is 6.54 Å². The van der Waals surface area contributed by atoms with E-state index in [1.807, 2.05) is 42.5 Å². The third-order valence-electron chi connectivity index (χ3n) is 5.08. The number of pyridine rings is 1. The molecule has 1 aliphatic heterocycles. The number of hydrogen-bond donors (Lipinski definition) is 1. The van der Waals surface area contributed by atoms with E-state index >= 15 is 0 Å². The lowest BCUT2D eigenvalue weighted by Gasteiger charge is -2.32. The minimum absolute atomic E-state index is 0.116. The Balaban J connectivity index is 1.39. The lowest BCUT2D eigenvalue weighted by Crippen LogP contribution is -2.43. The van der Waals surface area contributed by atoms with Crippen LogP contribution in [0.5, 0.6) is 0 Å². The number of carbonyl (C=O) groups is 1. The molecule has 4 rings (SSSR count). The Morgan fingerprint density at radius 2 is 1.81 bits per heavy atom. The summed E-state index contributed by atoms with van der Waals surface area (Å²) in [6.45, 7) is 5.40. The smallest absolute Gasteiger partial charge is 0.255 e. The number of piperazine rings is 1. The summed E-state index contributed by atoms with van der Waals surface area (Å²) in [5.74, 6) is -0.116. The molecule has 0 radical (unpaired) electrons. The molecule has 1 aliphatic rings. The van der Waals surface area contributed by atoms with Crippen molar-refractivity contribution in [3.8, 4) is 0 Å². The van der Waals surface area contributed by atoms with Crippen molar-refractivity contribution in [2.75, 3.05) is 38.5 Å². The van der Waals surface area contributed by atoms with Crippen LogP contribution < -0.4 is 5.32 Å². The number of benzene rings is 2. The third-order valence-corrected chi connectivity index (χ3v) is 5.08. The zero-order valence-corrected chi connectivity index (χ0v) is 15.6. The highest BCUT2D eigenvalue weighted by Crippen LogP contribution is 2.16. The van der Waals surface area contributed by atoms with Gasteiger partial charge in [0.05, 0.1) is 5.52 Å². The van der Waals surface area contributed by atoms with Gasteiger partial charge in [0.15, 0.2) is 0 Å². The molecule has 3 aromatic rings. The molecule has 1 aromatic heterocycles. The molecule has 0 aliphatic carbocycles. The van der Waals surface area contributed by atoms with Crippen LogP contribution >= 0.6 is 0 Å².